The largest absolute Gasteiger partial charge is 0.496 e. The zero-order valence-electron chi connectivity index (χ0n) is 17.3. The van der Waals surface area contributed by atoms with Crippen LogP contribution in [0.1, 0.15) is 49.4 Å². The van der Waals surface area contributed by atoms with E-state index in [9.17, 15) is 4.79 Å². The summed E-state index contributed by atoms with van der Waals surface area (Å²) in [5.74, 6) is 2.49. The van der Waals surface area contributed by atoms with Gasteiger partial charge in [0.15, 0.2) is 17.3 Å². The first-order valence-electron chi connectivity index (χ1n) is 9.62. The van der Waals surface area contributed by atoms with Crippen molar-refractivity contribution >= 4 is 12.0 Å². The Morgan fingerprint density at radius 2 is 1.72 bits per heavy atom. The van der Waals surface area contributed by atoms with Gasteiger partial charge < -0.3 is 24.1 Å². The molecule has 1 heterocycles. The predicted molar refractivity (Wildman–Crippen MR) is 107 cm³/mol. The van der Waals surface area contributed by atoms with Crippen LogP contribution in [0.15, 0.2) is 22.7 Å². The van der Waals surface area contributed by atoms with Gasteiger partial charge in [0.1, 0.15) is 11.3 Å². The van der Waals surface area contributed by atoms with Gasteiger partial charge >= 0.3 is 0 Å². The maximum absolute atomic E-state index is 12.8. The fourth-order valence-electron chi connectivity index (χ4n) is 3.68. The lowest BCUT2D eigenvalue weighted by atomic mass is 9.81. The van der Waals surface area contributed by atoms with Crippen molar-refractivity contribution in [1.82, 2.24) is 15.5 Å². The normalized spacial score (nSPS) is 15.9. The summed E-state index contributed by atoms with van der Waals surface area (Å²) >= 11 is 0. The van der Waals surface area contributed by atoms with Crippen LogP contribution in [0.4, 0.5) is 0 Å². The van der Waals surface area contributed by atoms with Gasteiger partial charge in [0, 0.05) is 24.6 Å². The van der Waals surface area contributed by atoms with Gasteiger partial charge in [-0.05, 0) is 25.0 Å². The summed E-state index contributed by atoms with van der Waals surface area (Å²) in [6, 6.07) is 3.49. The molecule has 1 aromatic heterocycles. The minimum Gasteiger partial charge on any atom is -0.496 e. The molecule has 0 atom stereocenters. The Bertz CT molecular complexity index is 884. The lowest BCUT2D eigenvalue weighted by molar-refractivity contribution is -0.119. The van der Waals surface area contributed by atoms with Crippen LogP contribution in [-0.2, 0) is 10.3 Å². The molecule has 1 amide bonds. The number of methoxy groups -OCH3 is 3. The summed E-state index contributed by atoms with van der Waals surface area (Å²) in [6.45, 7) is 1.75. The van der Waals surface area contributed by atoms with Crippen molar-refractivity contribution in [1.29, 1.82) is 0 Å². The molecular formula is C21H27N3O5. The molecule has 1 aromatic carbocycles. The van der Waals surface area contributed by atoms with Gasteiger partial charge in [-0.25, -0.2) is 0 Å². The number of rotatable bonds is 7. The summed E-state index contributed by atoms with van der Waals surface area (Å²) in [5.41, 5.74) is 0.104. The van der Waals surface area contributed by atoms with E-state index in [4.69, 9.17) is 18.7 Å². The Hall–Kier alpha value is -3.03. The van der Waals surface area contributed by atoms with E-state index in [2.05, 4.69) is 15.5 Å². The highest BCUT2D eigenvalue weighted by molar-refractivity contribution is 5.92. The van der Waals surface area contributed by atoms with Crippen LogP contribution in [0.2, 0.25) is 0 Å². The molecule has 0 radical (unpaired) electrons. The molecule has 8 nitrogen and oxygen atoms in total. The number of benzene rings is 1. The van der Waals surface area contributed by atoms with Crippen LogP contribution < -0.4 is 19.5 Å². The molecule has 2 aromatic rings. The van der Waals surface area contributed by atoms with Crippen molar-refractivity contribution in [2.24, 2.45) is 0 Å². The number of ether oxygens (including phenoxy) is 3. The van der Waals surface area contributed by atoms with E-state index >= 15 is 0 Å². The molecule has 0 saturated heterocycles. The van der Waals surface area contributed by atoms with Crippen LogP contribution in [0.3, 0.4) is 0 Å². The molecule has 1 fully saturated rings. The molecule has 0 aliphatic heterocycles. The van der Waals surface area contributed by atoms with Gasteiger partial charge in [0.05, 0.1) is 21.3 Å². The fourth-order valence-corrected chi connectivity index (χ4v) is 3.68. The smallest absolute Gasteiger partial charge is 0.244 e. The third-order valence-electron chi connectivity index (χ3n) is 5.18. The summed E-state index contributed by atoms with van der Waals surface area (Å²) in [7, 11) is 4.68. The van der Waals surface area contributed by atoms with Crippen molar-refractivity contribution < 1.29 is 23.5 Å². The Morgan fingerprint density at radius 1 is 1.07 bits per heavy atom. The summed E-state index contributed by atoms with van der Waals surface area (Å²) < 4.78 is 21.2. The number of nitrogens with one attached hydrogen (secondary N) is 1. The molecule has 3 rings (SSSR count). The van der Waals surface area contributed by atoms with Gasteiger partial charge in [0.2, 0.25) is 11.8 Å². The van der Waals surface area contributed by atoms with Gasteiger partial charge in [-0.15, -0.1) is 0 Å². The molecular weight excluding hydrogens is 374 g/mol. The van der Waals surface area contributed by atoms with Crippen molar-refractivity contribution in [3.8, 4) is 17.2 Å². The minimum atomic E-state index is -0.598. The topological polar surface area (TPSA) is 95.7 Å². The average molecular weight is 401 g/mol. The van der Waals surface area contributed by atoms with E-state index in [1.807, 2.05) is 0 Å². The molecule has 1 aliphatic rings. The molecule has 1 N–H and O–H groups in total. The lowest BCUT2D eigenvalue weighted by Gasteiger charge is -2.34. The van der Waals surface area contributed by atoms with E-state index in [0.29, 0.717) is 34.5 Å². The molecule has 8 heteroatoms. The maximum atomic E-state index is 12.8. The summed E-state index contributed by atoms with van der Waals surface area (Å²) in [5, 5.41) is 7.19. The molecule has 0 spiro atoms. The van der Waals surface area contributed by atoms with Gasteiger partial charge in [-0.2, -0.15) is 4.98 Å². The average Bonchev–Trinajstić information content (AvgIpc) is 3.19. The van der Waals surface area contributed by atoms with Crippen LogP contribution in [0.25, 0.3) is 6.08 Å². The number of hydrogen-bond donors (Lipinski definition) is 1. The van der Waals surface area contributed by atoms with E-state index < -0.39 is 5.54 Å². The first-order chi connectivity index (χ1) is 14.0. The fraction of sp³-hybridized carbons (Fsp3) is 0.476. The second-order valence-corrected chi connectivity index (χ2v) is 7.05. The summed E-state index contributed by atoms with van der Waals surface area (Å²) in [6.07, 6.45) is 7.87. The number of carbonyl (C=O) groups is 1. The SMILES string of the molecule is COc1cc(OC)c(OC)cc1/C=C/C(=O)NC1(c2noc(C)n2)CCCCC1. The zero-order valence-corrected chi connectivity index (χ0v) is 17.3. The Balaban J connectivity index is 1.82. The first kappa shape index (κ1) is 20.7. The van der Waals surface area contributed by atoms with Crippen molar-refractivity contribution in [2.75, 3.05) is 21.3 Å². The van der Waals surface area contributed by atoms with Crippen molar-refractivity contribution in [2.45, 2.75) is 44.6 Å². The Kier molecular flexibility index (Phi) is 6.41. The molecule has 0 bridgehead atoms. The molecule has 156 valence electrons. The van der Waals surface area contributed by atoms with E-state index in [1.54, 1.807) is 46.5 Å². The molecule has 1 aliphatic carbocycles. The number of nitrogens with zero attached hydrogens (tertiary/aromatic N) is 2. The Morgan fingerprint density at radius 3 is 2.31 bits per heavy atom. The van der Waals surface area contributed by atoms with Gasteiger partial charge in [-0.3, -0.25) is 4.79 Å². The highest BCUT2D eigenvalue weighted by Crippen LogP contribution is 2.37. The predicted octanol–water partition coefficient (Wildman–Crippen LogP) is 3.39. The highest BCUT2D eigenvalue weighted by Gasteiger charge is 2.39. The molecule has 0 unspecified atom stereocenters. The quantitative estimate of drug-likeness (QED) is 0.711. The van der Waals surface area contributed by atoms with Crippen molar-refractivity contribution in [3.63, 3.8) is 0 Å². The van der Waals surface area contributed by atoms with Crippen LogP contribution in [-0.4, -0.2) is 37.4 Å². The third-order valence-corrected chi connectivity index (χ3v) is 5.18. The van der Waals surface area contributed by atoms with Crippen LogP contribution >= 0.6 is 0 Å². The third kappa shape index (κ3) is 4.52. The number of amides is 1. The highest BCUT2D eigenvalue weighted by atomic mass is 16.5. The second kappa shape index (κ2) is 8.98. The minimum absolute atomic E-state index is 0.230. The van der Waals surface area contributed by atoms with Gasteiger partial charge in [-0.1, -0.05) is 24.4 Å². The van der Waals surface area contributed by atoms with Crippen LogP contribution in [0, 0.1) is 6.92 Å². The van der Waals surface area contributed by atoms with E-state index in [-0.39, 0.29) is 5.91 Å². The maximum Gasteiger partial charge on any atom is 0.244 e. The number of hydrogen-bond acceptors (Lipinski definition) is 7. The van der Waals surface area contributed by atoms with E-state index in [0.717, 1.165) is 32.1 Å². The monoisotopic (exact) mass is 401 g/mol. The molecule has 29 heavy (non-hydrogen) atoms. The molecule has 1 saturated carbocycles. The zero-order chi connectivity index (χ0) is 20.9. The van der Waals surface area contributed by atoms with Crippen LogP contribution in [0.5, 0.6) is 17.2 Å². The van der Waals surface area contributed by atoms with Gasteiger partial charge in [0.25, 0.3) is 0 Å². The Labute approximate surface area is 170 Å². The first-order valence-corrected chi connectivity index (χ1v) is 9.62. The lowest BCUT2D eigenvalue weighted by Crippen LogP contribution is -2.47. The van der Waals surface area contributed by atoms with E-state index in [1.165, 1.54) is 6.08 Å². The summed E-state index contributed by atoms with van der Waals surface area (Å²) in [4.78, 5) is 17.1. The van der Waals surface area contributed by atoms with Crippen molar-refractivity contribution in [3.05, 3.63) is 35.5 Å². The second-order valence-electron chi connectivity index (χ2n) is 7.05. The number of aromatic nitrogens is 2. The standard InChI is InChI=1S/C21H27N3O5/c1-14-22-20(24-29-14)21(10-6-5-7-11-21)23-19(25)9-8-15-12-17(27-3)18(28-4)13-16(15)26-2/h8-9,12-13H,5-7,10-11H2,1-4H3,(H,23,25)/b9-8+. The number of aryl methyl sites for hydroxylation is 1. The number of carbonyl (C=O) groups excluding carboxylic acids is 1.